The van der Waals surface area contributed by atoms with Gasteiger partial charge in [-0.25, -0.2) is 4.98 Å². The van der Waals surface area contributed by atoms with Crippen LogP contribution < -0.4 is 14.8 Å². The highest BCUT2D eigenvalue weighted by Gasteiger charge is 2.22. The highest BCUT2D eigenvalue weighted by Crippen LogP contribution is 2.27. The molecule has 7 nitrogen and oxygen atoms in total. The van der Waals surface area contributed by atoms with Crippen LogP contribution in [0.15, 0.2) is 18.5 Å². The van der Waals surface area contributed by atoms with Crippen molar-refractivity contribution in [1.82, 2.24) is 25.1 Å². The zero-order valence-electron chi connectivity index (χ0n) is 11.4. The number of aryl methyl sites for hydroxylation is 1. The molecule has 0 radical (unpaired) electrons. The lowest BCUT2D eigenvalue weighted by molar-refractivity contribution is 0.352. The van der Waals surface area contributed by atoms with Crippen LogP contribution in [0.3, 0.4) is 0 Å². The second-order valence-corrected chi connectivity index (χ2v) is 3.91. The first kappa shape index (κ1) is 13.3. The largest absolute Gasteiger partial charge is 0.480 e. The summed E-state index contributed by atoms with van der Waals surface area (Å²) >= 11 is 0. The maximum atomic E-state index is 5.29. The van der Waals surface area contributed by atoms with Gasteiger partial charge >= 0.3 is 0 Å². The summed E-state index contributed by atoms with van der Waals surface area (Å²) in [5.74, 6) is 0.848. The van der Waals surface area contributed by atoms with Crippen LogP contribution in [0.1, 0.15) is 17.4 Å². The minimum atomic E-state index is -0.152. The van der Waals surface area contributed by atoms with Crippen molar-refractivity contribution in [1.29, 1.82) is 0 Å². The van der Waals surface area contributed by atoms with Crippen molar-refractivity contribution in [3.63, 3.8) is 0 Å². The number of ether oxygens (including phenoxy) is 2. The molecule has 1 atom stereocenters. The first-order chi connectivity index (χ1) is 9.21. The summed E-state index contributed by atoms with van der Waals surface area (Å²) in [5.41, 5.74) is 1.66. The maximum Gasteiger partial charge on any atom is 0.240 e. The molecular formula is C12H17N5O2. The van der Waals surface area contributed by atoms with E-state index in [0.29, 0.717) is 17.5 Å². The smallest absolute Gasteiger partial charge is 0.240 e. The fourth-order valence-electron chi connectivity index (χ4n) is 1.90. The number of aromatic nitrogens is 4. The Bertz CT molecular complexity index is 555. The summed E-state index contributed by atoms with van der Waals surface area (Å²) in [6, 6.07) is 1.77. The second-order valence-electron chi connectivity index (χ2n) is 3.91. The van der Waals surface area contributed by atoms with Crippen LogP contribution in [-0.4, -0.2) is 41.0 Å². The molecule has 0 aliphatic carbocycles. The Balaban J connectivity index is 2.46. The van der Waals surface area contributed by atoms with Crippen LogP contribution in [0.25, 0.3) is 0 Å². The quantitative estimate of drug-likeness (QED) is 0.848. The Kier molecular flexibility index (Phi) is 3.96. The van der Waals surface area contributed by atoms with Gasteiger partial charge in [0.1, 0.15) is 5.69 Å². The lowest BCUT2D eigenvalue weighted by atomic mass is 10.1. The van der Waals surface area contributed by atoms with Crippen molar-refractivity contribution in [2.45, 2.75) is 6.04 Å². The van der Waals surface area contributed by atoms with Gasteiger partial charge in [-0.1, -0.05) is 0 Å². The lowest BCUT2D eigenvalue weighted by Gasteiger charge is -2.18. The molecule has 0 amide bonds. The lowest BCUT2D eigenvalue weighted by Crippen LogP contribution is -2.22. The van der Waals surface area contributed by atoms with Crippen molar-refractivity contribution in [3.05, 3.63) is 29.8 Å². The molecule has 102 valence electrons. The fraction of sp³-hybridized carbons (Fsp3) is 0.417. The molecular weight excluding hydrogens is 246 g/mol. The van der Waals surface area contributed by atoms with E-state index >= 15 is 0 Å². The van der Waals surface area contributed by atoms with Crippen LogP contribution in [-0.2, 0) is 7.05 Å². The van der Waals surface area contributed by atoms with Gasteiger partial charge < -0.3 is 14.8 Å². The summed E-state index contributed by atoms with van der Waals surface area (Å²) in [4.78, 5) is 8.61. The minimum absolute atomic E-state index is 0.152. The van der Waals surface area contributed by atoms with Crippen molar-refractivity contribution in [3.8, 4) is 11.8 Å². The van der Waals surface area contributed by atoms with Gasteiger partial charge in [0.05, 0.1) is 32.2 Å². The van der Waals surface area contributed by atoms with Gasteiger partial charge in [0.15, 0.2) is 0 Å². The number of hydrogen-bond acceptors (Lipinski definition) is 6. The molecule has 0 aromatic carbocycles. The highest BCUT2D eigenvalue weighted by molar-refractivity contribution is 5.31. The third-order valence-corrected chi connectivity index (χ3v) is 2.86. The summed E-state index contributed by atoms with van der Waals surface area (Å²) in [7, 11) is 6.83. The predicted octanol–water partition coefficient (Wildman–Crippen LogP) is 0.536. The van der Waals surface area contributed by atoms with Crippen LogP contribution in [0.4, 0.5) is 0 Å². The molecule has 0 aliphatic rings. The fourth-order valence-corrected chi connectivity index (χ4v) is 1.90. The third-order valence-electron chi connectivity index (χ3n) is 2.86. The van der Waals surface area contributed by atoms with Crippen LogP contribution in [0, 0.1) is 0 Å². The Morgan fingerprint density at radius 3 is 2.63 bits per heavy atom. The van der Waals surface area contributed by atoms with Crippen LogP contribution in [0.5, 0.6) is 11.8 Å². The van der Waals surface area contributed by atoms with Gasteiger partial charge in [0.2, 0.25) is 11.8 Å². The highest BCUT2D eigenvalue weighted by atomic mass is 16.5. The normalized spacial score (nSPS) is 12.2. The molecule has 2 aromatic rings. The molecule has 2 aromatic heterocycles. The maximum absolute atomic E-state index is 5.29. The van der Waals surface area contributed by atoms with Gasteiger partial charge in [0, 0.05) is 13.2 Å². The van der Waals surface area contributed by atoms with Gasteiger partial charge in [-0.05, 0) is 13.1 Å². The number of hydrogen-bond donors (Lipinski definition) is 1. The zero-order valence-corrected chi connectivity index (χ0v) is 11.4. The van der Waals surface area contributed by atoms with E-state index in [1.807, 2.05) is 20.2 Å². The number of rotatable bonds is 5. The van der Waals surface area contributed by atoms with Crippen molar-refractivity contribution >= 4 is 0 Å². The first-order valence-corrected chi connectivity index (χ1v) is 5.81. The van der Waals surface area contributed by atoms with E-state index in [9.17, 15) is 0 Å². The van der Waals surface area contributed by atoms with Crippen molar-refractivity contribution < 1.29 is 9.47 Å². The molecule has 0 saturated heterocycles. The Morgan fingerprint density at radius 2 is 2.11 bits per heavy atom. The standard InChI is InChI=1S/C12H17N5O2/c1-13-10(8-5-6-15-17(8)2)11-12(19-4)16-9(18-3)7-14-11/h5-7,10,13H,1-4H3. The zero-order chi connectivity index (χ0) is 13.8. The molecule has 1 N–H and O–H groups in total. The minimum Gasteiger partial charge on any atom is -0.480 e. The second kappa shape index (κ2) is 5.66. The van der Waals surface area contributed by atoms with E-state index in [-0.39, 0.29) is 6.04 Å². The number of nitrogens with zero attached hydrogens (tertiary/aromatic N) is 4. The topological polar surface area (TPSA) is 74.1 Å². The van der Waals surface area contributed by atoms with Crippen molar-refractivity contribution in [2.75, 3.05) is 21.3 Å². The van der Waals surface area contributed by atoms with Crippen LogP contribution in [0.2, 0.25) is 0 Å². The Hall–Kier alpha value is -2.15. The van der Waals surface area contributed by atoms with E-state index in [2.05, 4.69) is 20.4 Å². The summed E-state index contributed by atoms with van der Waals surface area (Å²) in [5, 5.41) is 7.35. The number of nitrogens with one attached hydrogen (secondary N) is 1. The SMILES string of the molecule is CNC(c1ncc(OC)nc1OC)c1ccnn1C. The average molecular weight is 263 g/mol. The molecule has 2 heterocycles. The Morgan fingerprint density at radius 1 is 1.32 bits per heavy atom. The molecule has 0 saturated carbocycles. The molecule has 0 spiro atoms. The monoisotopic (exact) mass is 263 g/mol. The predicted molar refractivity (Wildman–Crippen MR) is 69.2 cm³/mol. The van der Waals surface area contributed by atoms with E-state index in [4.69, 9.17) is 9.47 Å². The summed E-state index contributed by atoms with van der Waals surface area (Å²) in [6.45, 7) is 0. The van der Waals surface area contributed by atoms with Crippen molar-refractivity contribution in [2.24, 2.45) is 7.05 Å². The molecule has 0 bridgehead atoms. The number of methoxy groups -OCH3 is 2. The molecule has 2 rings (SSSR count). The van der Waals surface area contributed by atoms with E-state index in [0.717, 1.165) is 5.69 Å². The molecule has 0 fully saturated rings. The van der Waals surface area contributed by atoms with Gasteiger partial charge in [-0.3, -0.25) is 4.68 Å². The molecule has 19 heavy (non-hydrogen) atoms. The van der Waals surface area contributed by atoms with Gasteiger partial charge in [-0.15, -0.1) is 0 Å². The van der Waals surface area contributed by atoms with E-state index < -0.39 is 0 Å². The van der Waals surface area contributed by atoms with E-state index in [1.165, 1.54) is 0 Å². The van der Waals surface area contributed by atoms with Gasteiger partial charge in [0.25, 0.3) is 0 Å². The molecule has 0 aliphatic heterocycles. The van der Waals surface area contributed by atoms with Crippen LogP contribution >= 0.6 is 0 Å². The average Bonchev–Trinajstić information content (AvgIpc) is 2.86. The third kappa shape index (κ3) is 2.50. The molecule has 7 heteroatoms. The Labute approximate surface area is 111 Å². The first-order valence-electron chi connectivity index (χ1n) is 5.81. The van der Waals surface area contributed by atoms with E-state index in [1.54, 1.807) is 31.3 Å². The summed E-state index contributed by atoms with van der Waals surface area (Å²) < 4.78 is 12.1. The molecule has 1 unspecified atom stereocenters. The summed E-state index contributed by atoms with van der Waals surface area (Å²) in [6.07, 6.45) is 3.31. The van der Waals surface area contributed by atoms with Gasteiger partial charge in [-0.2, -0.15) is 10.1 Å².